The van der Waals surface area contributed by atoms with Crippen LogP contribution in [0.1, 0.15) is 43.6 Å². The van der Waals surface area contributed by atoms with E-state index in [-0.39, 0.29) is 5.56 Å². The second kappa shape index (κ2) is 6.94. The molecular weight excluding hydrogens is 370 g/mol. The molecule has 148 valence electrons. The van der Waals surface area contributed by atoms with Crippen molar-refractivity contribution < 1.29 is 27.3 Å². The molecule has 4 nitrogen and oxygen atoms in total. The summed E-state index contributed by atoms with van der Waals surface area (Å²) in [6.07, 6.45) is -4.43. The van der Waals surface area contributed by atoms with Gasteiger partial charge in [0.2, 0.25) is 0 Å². The lowest BCUT2D eigenvalue weighted by atomic mass is 9.79. The molecule has 1 amide bonds. The number of amides is 1. The third kappa shape index (κ3) is 4.08. The summed E-state index contributed by atoms with van der Waals surface area (Å²) in [6.45, 7) is 7.86. The SMILES string of the molecule is CC1(C)OB(c2ccc(NC(=O)c3ccc(C(F)(F)F)cc3)cc2)OC1(C)C. The molecule has 0 aliphatic carbocycles. The highest BCUT2D eigenvalue weighted by Crippen LogP contribution is 2.36. The Morgan fingerprint density at radius 3 is 1.86 bits per heavy atom. The van der Waals surface area contributed by atoms with Gasteiger partial charge in [0.1, 0.15) is 0 Å². The largest absolute Gasteiger partial charge is 0.494 e. The first-order valence-electron chi connectivity index (χ1n) is 8.83. The molecule has 2 aromatic carbocycles. The van der Waals surface area contributed by atoms with E-state index in [0.29, 0.717) is 5.69 Å². The third-order valence-corrected chi connectivity index (χ3v) is 5.17. The molecule has 0 saturated carbocycles. The maximum Gasteiger partial charge on any atom is 0.494 e. The van der Waals surface area contributed by atoms with E-state index < -0.39 is 36.0 Å². The molecule has 1 N–H and O–H groups in total. The lowest BCUT2D eigenvalue weighted by Gasteiger charge is -2.32. The number of hydrogen-bond donors (Lipinski definition) is 1. The molecule has 0 radical (unpaired) electrons. The zero-order valence-corrected chi connectivity index (χ0v) is 16.1. The number of rotatable bonds is 3. The Morgan fingerprint density at radius 2 is 1.39 bits per heavy atom. The van der Waals surface area contributed by atoms with Gasteiger partial charge in [0.05, 0.1) is 16.8 Å². The van der Waals surface area contributed by atoms with Crippen molar-refractivity contribution >= 4 is 24.2 Å². The number of carbonyl (C=O) groups excluding carboxylic acids is 1. The zero-order valence-electron chi connectivity index (χ0n) is 16.1. The van der Waals surface area contributed by atoms with Gasteiger partial charge in [-0.05, 0) is 69.6 Å². The van der Waals surface area contributed by atoms with E-state index in [1.807, 2.05) is 27.7 Å². The van der Waals surface area contributed by atoms with Crippen molar-refractivity contribution in [3.8, 4) is 0 Å². The second-order valence-corrected chi connectivity index (χ2v) is 7.74. The molecule has 3 rings (SSSR count). The van der Waals surface area contributed by atoms with Crippen molar-refractivity contribution in [2.75, 3.05) is 5.32 Å². The topological polar surface area (TPSA) is 47.6 Å². The third-order valence-electron chi connectivity index (χ3n) is 5.17. The molecule has 1 aliphatic rings. The Kier molecular flexibility index (Phi) is 5.06. The molecule has 0 atom stereocenters. The maximum atomic E-state index is 12.6. The van der Waals surface area contributed by atoms with Crippen LogP contribution in [0.5, 0.6) is 0 Å². The van der Waals surface area contributed by atoms with Gasteiger partial charge in [-0.2, -0.15) is 13.2 Å². The van der Waals surface area contributed by atoms with Gasteiger partial charge >= 0.3 is 13.3 Å². The molecule has 2 aromatic rings. The summed E-state index contributed by atoms with van der Waals surface area (Å²) in [4.78, 5) is 12.2. The summed E-state index contributed by atoms with van der Waals surface area (Å²) in [5, 5.41) is 2.66. The zero-order chi connectivity index (χ0) is 20.7. The standard InChI is InChI=1S/C20H21BF3NO3/c1-18(2)19(3,4)28-21(27-18)15-9-11-16(12-10-15)25-17(26)13-5-7-14(8-6-13)20(22,23)24/h5-12H,1-4H3,(H,25,26). The predicted octanol–water partition coefficient (Wildman–Crippen LogP) is 4.26. The van der Waals surface area contributed by atoms with Crippen LogP contribution >= 0.6 is 0 Å². The van der Waals surface area contributed by atoms with E-state index in [1.165, 1.54) is 0 Å². The van der Waals surface area contributed by atoms with Crippen LogP contribution in [0.2, 0.25) is 0 Å². The molecule has 1 aliphatic heterocycles. The highest BCUT2D eigenvalue weighted by Gasteiger charge is 2.51. The van der Waals surface area contributed by atoms with E-state index >= 15 is 0 Å². The number of carbonyl (C=O) groups is 1. The average molecular weight is 391 g/mol. The van der Waals surface area contributed by atoms with Crippen molar-refractivity contribution in [2.45, 2.75) is 45.1 Å². The van der Waals surface area contributed by atoms with E-state index in [1.54, 1.807) is 24.3 Å². The molecule has 1 fully saturated rings. The van der Waals surface area contributed by atoms with Crippen LogP contribution in [0, 0.1) is 0 Å². The molecule has 1 heterocycles. The van der Waals surface area contributed by atoms with Gasteiger partial charge in [0.25, 0.3) is 5.91 Å². The van der Waals surface area contributed by atoms with Crippen LogP contribution in [0.3, 0.4) is 0 Å². The molecule has 0 bridgehead atoms. The minimum absolute atomic E-state index is 0.142. The molecule has 1 saturated heterocycles. The first kappa shape index (κ1) is 20.4. The van der Waals surface area contributed by atoms with Crippen molar-refractivity contribution in [2.24, 2.45) is 0 Å². The van der Waals surface area contributed by atoms with Crippen molar-refractivity contribution in [1.29, 1.82) is 0 Å². The molecule has 0 unspecified atom stereocenters. The summed E-state index contributed by atoms with van der Waals surface area (Å²) >= 11 is 0. The fourth-order valence-corrected chi connectivity index (χ4v) is 2.72. The first-order chi connectivity index (χ1) is 12.9. The van der Waals surface area contributed by atoms with Gasteiger partial charge in [0, 0.05) is 11.3 Å². The Bertz CT molecular complexity index is 846. The summed E-state index contributed by atoms with van der Waals surface area (Å²) in [6, 6.07) is 11.0. The Hall–Kier alpha value is -2.32. The monoisotopic (exact) mass is 391 g/mol. The highest BCUT2D eigenvalue weighted by molar-refractivity contribution is 6.62. The number of hydrogen-bond acceptors (Lipinski definition) is 3. The van der Waals surface area contributed by atoms with E-state index in [2.05, 4.69) is 5.32 Å². The number of alkyl halides is 3. The molecule has 0 spiro atoms. The maximum absolute atomic E-state index is 12.6. The average Bonchev–Trinajstić information content (AvgIpc) is 2.82. The quantitative estimate of drug-likeness (QED) is 0.796. The summed E-state index contributed by atoms with van der Waals surface area (Å²) in [5.41, 5.74) is -0.226. The van der Waals surface area contributed by atoms with Gasteiger partial charge in [-0.3, -0.25) is 4.79 Å². The van der Waals surface area contributed by atoms with Crippen LogP contribution in [-0.4, -0.2) is 24.2 Å². The smallest absolute Gasteiger partial charge is 0.399 e. The minimum atomic E-state index is -4.43. The predicted molar refractivity (Wildman–Crippen MR) is 102 cm³/mol. The van der Waals surface area contributed by atoms with Crippen LogP contribution in [0.15, 0.2) is 48.5 Å². The van der Waals surface area contributed by atoms with Crippen molar-refractivity contribution in [1.82, 2.24) is 0 Å². The Morgan fingerprint density at radius 1 is 0.893 bits per heavy atom. The minimum Gasteiger partial charge on any atom is -0.399 e. The Balaban J connectivity index is 1.67. The summed E-state index contributed by atoms with van der Waals surface area (Å²) in [7, 11) is -0.510. The number of halogens is 3. The molecule has 0 aromatic heterocycles. The van der Waals surface area contributed by atoms with Gasteiger partial charge < -0.3 is 14.6 Å². The van der Waals surface area contributed by atoms with Crippen molar-refractivity contribution in [3.63, 3.8) is 0 Å². The van der Waals surface area contributed by atoms with Gasteiger partial charge in [-0.25, -0.2) is 0 Å². The lowest BCUT2D eigenvalue weighted by molar-refractivity contribution is -0.137. The summed E-state index contributed by atoms with van der Waals surface area (Å²) in [5.74, 6) is -0.489. The van der Waals surface area contributed by atoms with E-state index in [9.17, 15) is 18.0 Å². The van der Waals surface area contributed by atoms with Gasteiger partial charge in [-0.1, -0.05) is 12.1 Å². The molecule has 8 heteroatoms. The fraction of sp³-hybridized carbons (Fsp3) is 0.350. The van der Waals surface area contributed by atoms with E-state index in [4.69, 9.17) is 9.31 Å². The first-order valence-corrected chi connectivity index (χ1v) is 8.83. The lowest BCUT2D eigenvalue weighted by Crippen LogP contribution is -2.41. The van der Waals surface area contributed by atoms with Crippen molar-refractivity contribution in [3.05, 3.63) is 59.7 Å². The Labute approximate surface area is 162 Å². The van der Waals surface area contributed by atoms with Crippen LogP contribution in [-0.2, 0) is 15.5 Å². The van der Waals surface area contributed by atoms with Gasteiger partial charge in [0.15, 0.2) is 0 Å². The fourth-order valence-electron chi connectivity index (χ4n) is 2.72. The second-order valence-electron chi connectivity index (χ2n) is 7.74. The molecular formula is C20H21BF3NO3. The van der Waals surface area contributed by atoms with Crippen LogP contribution in [0.4, 0.5) is 18.9 Å². The molecule has 28 heavy (non-hydrogen) atoms. The number of anilines is 1. The number of nitrogens with one attached hydrogen (secondary N) is 1. The summed E-state index contributed by atoms with van der Waals surface area (Å²) < 4.78 is 49.8. The van der Waals surface area contributed by atoms with Gasteiger partial charge in [-0.15, -0.1) is 0 Å². The number of benzene rings is 2. The van der Waals surface area contributed by atoms with Crippen LogP contribution in [0.25, 0.3) is 0 Å². The normalized spacial score (nSPS) is 18.2. The van der Waals surface area contributed by atoms with E-state index in [0.717, 1.165) is 29.7 Å². The van der Waals surface area contributed by atoms with Crippen LogP contribution < -0.4 is 10.8 Å². The highest BCUT2D eigenvalue weighted by atomic mass is 19.4.